The van der Waals surface area contributed by atoms with Crippen molar-refractivity contribution in [1.82, 2.24) is 19.7 Å². The van der Waals surface area contributed by atoms with Crippen molar-refractivity contribution in [2.24, 2.45) is 0 Å². The van der Waals surface area contributed by atoms with Crippen LogP contribution in [0.1, 0.15) is 42.4 Å². The molecule has 5 aromatic rings. The fraction of sp³-hybridized carbons (Fsp3) is 0.214. The molecule has 0 bridgehead atoms. The topological polar surface area (TPSA) is 107 Å². The summed E-state index contributed by atoms with van der Waals surface area (Å²) in [7, 11) is 0. The summed E-state index contributed by atoms with van der Waals surface area (Å²) >= 11 is 0. The maximum atomic E-state index is 13.6. The highest BCUT2D eigenvalue weighted by atomic mass is 79.9. The SMILES string of the molecule is Br.CCCCc1nc(C)n(-c2ccoc2)c(=O)c1Cc1ccc(-c2ccccc2-c2noc(=O)[nH]2)cc1. The van der Waals surface area contributed by atoms with Crippen LogP contribution in [-0.2, 0) is 12.8 Å². The second-order valence-corrected chi connectivity index (χ2v) is 8.67. The Balaban J connectivity index is 0.00000320. The molecule has 9 heteroatoms. The zero-order valence-electron chi connectivity index (χ0n) is 20.6. The van der Waals surface area contributed by atoms with Crippen LogP contribution in [0, 0.1) is 6.92 Å². The molecule has 37 heavy (non-hydrogen) atoms. The third-order valence-corrected chi connectivity index (χ3v) is 6.23. The second kappa shape index (κ2) is 11.4. The predicted octanol–water partition coefficient (Wildman–Crippen LogP) is 5.66. The summed E-state index contributed by atoms with van der Waals surface area (Å²) in [6.45, 7) is 3.98. The Kier molecular flexibility index (Phi) is 8.03. The number of nitrogens with one attached hydrogen (secondary N) is 1. The minimum Gasteiger partial charge on any atom is -0.470 e. The number of rotatable bonds is 8. The Labute approximate surface area is 223 Å². The average Bonchev–Trinajstić information content (AvgIpc) is 3.57. The molecule has 0 saturated carbocycles. The first kappa shape index (κ1) is 26.1. The lowest BCUT2D eigenvalue weighted by Gasteiger charge is -2.15. The zero-order chi connectivity index (χ0) is 25.1. The minimum atomic E-state index is -0.596. The molecule has 0 fully saturated rings. The van der Waals surface area contributed by atoms with Gasteiger partial charge in [0.05, 0.1) is 17.6 Å². The van der Waals surface area contributed by atoms with E-state index in [4.69, 9.17) is 9.40 Å². The van der Waals surface area contributed by atoms with Crippen LogP contribution < -0.4 is 11.3 Å². The number of furan rings is 1. The zero-order valence-corrected chi connectivity index (χ0v) is 22.3. The Morgan fingerprint density at radius 3 is 2.41 bits per heavy atom. The molecule has 0 aliphatic heterocycles. The number of nitrogens with zero attached hydrogens (tertiary/aromatic N) is 3. The molecular weight excluding hydrogens is 536 g/mol. The molecule has 0 unspecified atom stereocenters. The molecule has 1 N–H and O–H groups in total. The Hall–Kier alpha value is -3.98. The van der Waals surface area contributed by atoms with Crippen molar-refractivity contribution in [3.8, 4) is 28.2 Å². The molecule has 0 amide bonds. The van der Waals surface area contributed by atoms with Crippen molar-refractivity contribution < 1.29 is 8.94 Å². The molecule has 3 aromatic heterocycles. The first-order chi connectivity index (χ1) is 17.5. The van der Waals surface area contributed by atoms with Gasteiger partial charge in [0, 0.05) is 23.6 Å². The predicted molar refractivity (Wildman–Crippen MR) is 147 cm³/mol. The van der Waals surface area contributed by atoms with Gasteiger partial charge in [-0.3, -0.25) is 18.9 Å². The molecular formula is C28H27BrN4O4. The van der Waals surface area contributed by atoms with E-state index in [9.17, 15) is 9.59 Å². The molecule has 0 radical (unpaired) electrons. The van der Waals surface area contributed by atoms with Crippen LogP contribution in [0.5, 0.6) is 0 Å². The standard InChI is InChI=1S/C28H26N4O4.BrH/c1-3-4-9-25-24(27(33)32(18(2)29-25)21-14-15-35-17-21)16-19-10-12-20(13-11-19)22-7-5-6-8-23(22)26-30-28(34)36-31-26;/h5-8,10-15,17H,3-4,9,16H2,1-2H3,(H,30,31,34);1H. The molecule has 190 valence electrons. The summed E-state index contributed by atoms with van der Waals surface area (Å²) in [5.74, 6) is 0.432. The fourth-order valence-electron chi connectivity index (χ4n) is 4.43. The highest BCUT2D eigenvalue weighted by molar-refractivity contribution is 8.93. The van der Waals surface area contributed by atoms with E-state index in [-0.39, 0.29) is 22.5 Å². The molecule has 5 rings (SSSR count). The van der Waals surface area contributed by atoms with Crippen LogP contribution in [0.2, 0.25) is 0 Å². The molecule has 8 nitrogen and oxygen atoms in total. The second-order valence-electron chi connectivity index (χ2n) is 8.67. The number of hydrogen-bond acceptors (Lipinski definition) is 6. The maximum Gasteiger partial charge on any atom is 0.439 e. The van der Waals surface area contributed by atoms with E-state index in [0.717, 1.165) is 47.2 Å². The van der Waals surface area contributed by atoms with E-state index < -0.39 is 5.76 Å². The van der Waals surface area contributed by atoms with Gasteiger partial charge in [-0.25, -0.2) is 9.78 Å². The lowest BCUT2D eigenvalue weighted by Crippen LogP contribution is -2.28. The van der Waals surface area contributed by atoms with E-state index in [1.807, 2.05) is 55.5 Å². The van der Waals surface area contributed by atoms with Gasteiger partial charge in [0.2, 0.25) is 0 Å². The van der Waals surface area contributed by atoms with Crippen molar-refractivity contribution in [2.45, 2.75) is 39.5 Å². The van der Waals surface area contributed by atoms with Crippen LogP contribution in [0.25, 0.3) is 28.2 Å². The molecule has 0 atom stereocenters. The number of hydrogen-bond donors (Lipinski definition) is 1. The number of benzene rings is 2. The van der Waals surface area contributed by atoms with Crippen molar-refractivity contribution in [2.75, 3.05) is 0 Å². The highest BCUT2D eigenvalue weighted by Crippen LogP contribution is 2.30. The van der Waals surface area contributed by atoms with Gasteiger partial charge in [0.25, 0.3) is 5.56 Å². The fourth-order valence-corrected chi connectivity index (χ4v) is 4.43. The summed E-state index contributed by atoms with van der Waals surface area (Å²) < 4.78 is 11.5. The van der Waals surface area contributed by atoms with E-state index in [0.29, 0.717) is 29.3 Å². The van der Waals surface area contributed by atoms with Gasteiger partial charge in [0.15, 0.2) is 5.82 Å². The lowest BCUT2D eigenvalue weighted by atomic mass is 9.96. The first-order valence-corrected chi connectivity index (χ1v) is 11.9. The van der Waals surface area contributed by atoms with Crippen molar-refractivity contribution in [3.05, 3.63) is 111 Å². The highest BCUT2D eigenvalue weighted by Gasteiger charge is 2.17. The number of aromatic nitrogens is 4. The summed E-state index contributed by atoms with van der Waals surface area (Å²) in [5, 5.41) is 3.83. The van der Waals surface area contributed by atoms with E-state index in [2.05, 4.69) is 21.6 Å². The summed E-state index contributed by atoms with van der Waals surface area (Å²) in [4.78, 5) is 32.5. The first-order valence-electron chi connectivity index (χ1n) is 11.9. The largest absolute Gasteiger partial charge is 0.470 e. The lowest BCUT2D eigenvalue weighted by molar-refractivity contribution is 0.388. The minimum absolute atomic E-state index is 0. The van der Waals surface area contributed by atoms with Crippen molar-refractivity contribution >= 4 is 17.0 Å². The maximum absolute atomic E-state index is 13.6. The van der Waals surface area contributed by atoms with Crippen LogP contribution in [0.3, 0.4) is 0 Å². The van der Waals surface area contributed by atoms with Crippen LogP contribution >= 0.6 is 17.0 Å². The van der Waals surface area contributed by atoms with Gasteiger partial charge in [-0.15, -0.1) is 17.0 Å². The number of aryl methyl sites for hydroxylation is 2. The van der Waals surface area contributed by atoms with Crippen molar-refractivity contribution in [1.29, 1.82) is 0 Å². The van der Waals surface area contributed by atoms with Gasteiger partial charge in [-0.05, 0) is 36.5 Å². The van der Waals surface area contributed by atoms with Crippen LogP contribution in [-0.4, -0.2) is 19.7 Å². The monoisotopic (exact) mass is 562 g/mol. The molecule has 0 aliphatic carbocycles. The number of unbranched alkanes of at least 4 members (excludes halogenated alkanes) is 1. The molecule has 2 aromatic carbocycles. The normalized spacial score (nSPS) is 10.9. The van der Waals surface area contributed by atoms with Gasteiger partial charge in [-0.2, -0.15) is 0 Å². The number of H-pyrrole nitrogens is 1. The van der Waals surface area contributed by atoms with E-state index >= 15 is 0 Å². The third kappa shape index (κ3) is 5.41. The summed E-state index contributed by atoms with van der Waals surface area (Å²) in [6.07, 6.45) is 6.33. The van der Waals surface area contributed by atoms with E-state index in [1.165, 1.54) is 0 Å². The molecule has 0 aliphatic rings. The Morgan fingerprint density at radius 2 is 1.76 bits per heavy atom. The average molecular weight is 563 g/mol. The third-order valence-electron chi connectivity index (χ3n) is 6.23. The number of halogens is 1. The quantitative estimate of drug-likeness (QED) is 0.261. The Bertz CT molecular complexity index is 1600. The van der Waals surface area contributed by atoms with Gasteiger partial charge in [0.1, 0.15) is 12.1 Å². The molecule has 3 heterocycles. The van der Waals surface area contributed by atoms with Crippen LogP contribution in [0.15, 0.2) is 85.7 Å². The van der Waals surface area contributed by atoms with E-state index in [1.54, 1.807) is 23.2 Å². The summed E-state index contributed by atoms with van der Waals surface area (Å²) in [6, 6.07) is 17.5. The van der Waals surface area contributed by atoms with Crippen molar-refractivity contribution in [3.63, 3.8) is 0 Å². The van der Waals surface area contributed by atoms with Gasteiger partial charge in [-0.1, -0.05) is 67.0 Å². The molecule has 0 spiro atoms. The smallest absolute Gasteiger partial charge is 0.439 e. The van der Waals surface area contributed by atoms with Crippen LogP contribution in [0.4, 0.5) is 0 Å². The summed E-state index contributed by atoms with van der Waals surface area (Å²) in [5.41, 5.74) is 5.80. The Morgan fingerprint density at radius 1 is 1.00 bits per heavy atom. The van der Waals surface area contributed by atoms with Gasteiger partial charge >= 0.3 is 5.76 Å². The van der Waals surface area contributed by atoms with Gasteiger partial charge < -0.3 is 4.42 Å². The number of aromatic amines is 1. The molecule has 0 saturated heterocycles.